The van der Waals surface area contributed by atoms with E-state index in [0.29, 0.717) is 18.9 Å². The van der Waals surface area contributed by atoms with Crippen LogP contribution in [-0.2, 0) is 14.3 Å². The van der Waals surface area contributed by atoms with Gasteiger partial charge < -0.3 is 20.1 Å². The van der Waals surface area contributed by atoms with Crippen molar-refractivity contribution in [3.05, 3.63) is 59.7 Å². The van der Waals surface area contributed by atoms with E-state index in [1.165, 1.54) is 4.90 Å². The number of likely N-dealkylation sites (tertiary alicyclic amines) is 1. The molecule has 7 nitrogen and oxygen atoms in total. The highest BCUT2D eigenvalue weighted by Crippen LogP contribution is 2.44. The maximum atomic E-state index is 13.3. The van der Waals surface area contributed by atoms with Gasteiger partial charge in [-0.3, -0.25) is 4.79 Å². The third-order valence-corrected chi connectivity index (χ3v) is 7.11. The summed E-state index contributed by atoms with van der Waals surface area (Å²) in [6, 6.07) is 14.5. The van der Waals surface area contributed by atoms with E-state index in [9.17, 15) is 19.5 Å². The minimum Gasteiger partial charge on any atom is -0.480 e. The second-order valence-electron chi connectivity index (χ2n) is 10.7. The average Bonchev–Trinajstić information content (AvgIpc) is 3.11. The fourth-order valence-corrected chi connectivity index (χ4v) is 5.34. The average molecular weight is 479 g/mol. The van der Waals surface area contributed by atoms with E-state index in [2.05, 4.69) is 17.4 Å². The minimum absolute atomic E-state index is 0.0782. The molecule has 186 valence electrons. The van der Waals surface area contributed by atoms with Crippen LogP contribution in [0.3, 0.4) is 0 Å². The summed E-state index contributed by atoms with van der Waals surface area (Å²) in [5, 5.41) is 12.4. The van der Waals surface area contributed by atoms with Crippen LogP contribution in [-0.4, -0.2) is 53.2 Å². The molecule has 2 unspecified atom stereocenters. The van der Waals surface area contributed by atoms with Crippen molar-refractivity contribution in [1.29, 1.82) is 0 Å². The number of alkyl carbamates (subject to hydrolysis) is 1. The largest absolute Gasteiger partial charge is 0.480 e. The van der Waals surface area contributed by atoms with Crippen molar-refractivity contribution in [3.8, 4) is 11.1 Å². The van der Waals surface area contributed by atoms with Gasteiger partial charge in [-0.2, -0.15) is 0 Å². The topological polar surface area (TPSA) is 95.9 Å². The van der Waals surface area contributed by atoms with Crippen LogP contribution in [0.25, 0.3) is 11.1 Å². The number of carbonyl (C=O) groups is 3. The second kappa shape index (κ2) is 9.72. The Kier molecular flexibility index (Phi) is 6.88. The molecule has 2 aliphatic rings. The fraction of sp³-hybridized carbons (Fsp3) is 0.464. The SMILES string of the molecule is CC(C)CCC(NC(=O)OCC1c2ccccc2-c2ccccc21)C(=O)N1CC(C)(C)C1C(=O)O. The van der Waals surface area contributed by atoms with Gasteiger partial charge in [0.2, 0.25) is 5.91 Å². The van der Waals surface area contributed by atoms with Gasteiger partial charge in [0.05, 0.1) is 0 Å². The van der Waals surface area contributed by atoms with Gasteiger partial charge in [-0.25, -0.2) is 9.59 Å². The summed E-state index contributed by atoms with van der Waals surface area (Å²) >= 11 is 0. The van der Waals surface area contributed by atoms with Crippen LogP contribution in [0.4, 0.5) is 4.79 Å². The molecule has 2 amide bonds. The lowest BCUT2D eigenvalue weighted by molar-refractivity contribution is -0.172. The summed E-state index contributed by atoms with van der Waals surface area (Å²) < 4.78 is 5.64. The highest BCUT2D eigenvalue weighted by atomic mass is 16.5. The van der Waals surface area contributed by atoms with Crippen molar-refractivity contribution in [3.63, 3.8) is 0 Å². The first-order valence-corrected chi connectivity index (χ1v) is 12.2. The number of carbonyl (C=O) groups excluding carboxylic acids is 2. The second-order valence-corrected chi connectivity index (χ2v) is 10.7. The Hall–Kier alpha value is -3.35. The number of aliphatic carboxylic acids is 1. The zero-order valence-corrected chi connectivity index (χ0v) is 20.8. The summed E-state index contributed by atoms with van der Waals surface area (Å²) in [6.07, 6.45) is 0.472. The number of fused-ring (bicyclic) bond motifs is 3. The number of rotatable bonds is 8. The monoisotopic (exact) mass is 478 g/mol. The Bertz CT molecular complexity index is 1080. The van der Waals surface area contributed by atoms with Gasteiger partial charge in [-0.05, 0) is 41.0 Å². The number of ether oxygens (including phenoxy) is 1. The zero-order chi connectivity index (χ0) is 25.3. The molecule has 4 rings (SSSR count). The highest BCUT2D eigenvalue weighted by Gasteiger charge is 2.53. The Morgan fingerprint density at radius 3 is 2.11 bits per heavy atom. The number of hydrogen-bond donors (Lipinski definition) is 2. The number of carboxylic acids is 1. The molecule has 35 heavy (non-hydrogen) atoms. The molecule has 0 radical (unpaired) electrons. The Balaban J connectivity index is 1.44. The molecule has 2 atom stereocenters. The number of hydrogen-bond acceptors (Lipinski definition) is 4. The molecular formula is C28H34N2O5. The summed E-state index contributed by atoms with van der Waals surface area (Å²) in [5.41, 5.74) is 4.00. The molecule has 7 heteroatoms. The summed E-state index contributed by atoms with van der Waals surface area (Å²) in [5.74, 6) is -1.15. The number of amides is 2. The predicted octanol–water partition coefficient (Wildman–Crippen LogP) is 4.65. The van der Waals surface area contributed by atoms with Crippen LogP contribution in [0.1, 0.15) is 57.6 Å². The Labute approximate surface area is 206 Å². The number of carboxylic acid groups (broad SMARTS) is 1. The Morgan fingerprint density at radius 2 is 1.60 bits per heavy atom. The lowest BCUT2D eigenvalue weighted by Crippen LogP contribution is -2.69. The smallest absolute Gasteiger partial charge is 0.407 e. The summed E-state index contributed by atoms with van der Waals surface area (Å²) in [6.45, 7) is 8.24. The molecule has 1 heterocycles. The van der Waals surface area contributed by atoms with E-state index in [1.807, 2.05) is 64.1 Å². The molecule has 1 fully saturated rings. The van der Waals surface area contributed by atoms with Crippen LogP contribution < -0.4 is 5.32 Å². The van der Waals surface area contributed by atoms with Crippen molar-refractivity contribution in [2.24, 2.45) is 11.3 Å². The van der Waals surface area contributed by atoms with Crippen molar-refractivity contribution < 1.29 is 24.2 Å². The van der Waals surface area contributed by atoms with Gasteiger partial charge in [0.1, 0.15) is 18.7 Å². The van der Waals surface area contributed by atoms with Crippen molar-refractivity contribution in [1.82, 2.24) is 10.2 Å². The van der Waals surface area contributed by atoms with Crippen molar-refractivity contribution >= 4 is 18.0 Å². The normalized spacial score (nSPS) is 18.9. The molecule has 0 bridgehead atoms. The van der Waals surface area contributed by atoms with E-state index >= 15 is 0 Å². The molecule has 2 N–H and O–H groups in total. The third kappa shape index (κ3) is 4.90. The third-order valence-electron chi connectivity index (χ3n) is 7.11. The fourth-order valence-electron chi connectivity index (χ4n) is 5.34. The van der Waals surface area contributed by atoms with E-state index < -0.39 is 29.6 Å². The van der Waals surface area contributed by atoms with Crippen LogP contribution in [0.5, 0.6) is 0 Å². The van der Waals surface area contributed by atoms with Gasteiger partial charge in [0.25, 0.3) is 0 Å². The summed E-state index contributed by atoms with van der Waals surface area (Å²) in [7, 11) is 0. The van der Waals surface area contributed by atoms with E-state index in [4.69, 9.17) is 4.74 Å². The number of nitrogens with one attached hydrogen (secondary N) is 1. The number of benzene rings is 2. The minimum atomic E-state index is -1.03. The van der Waals surface area contributed by atoms with Gasteiger partial charge >= 0.3 is 12.1 Å². The van der Waals surface area contributed by atoms with Gasteiger partial charge in [-0.15, -0.1) is 0 Å². The van der Waals surface area contributed by atoms with Crippen LogP contribution in [0, 0.1) is 11.3 Å². The molecule has 1 aliphatic heterocycles. The van der Waals surface area contributed by atoms with Crippen molar-refractivity contribution in [2.45, 2.75) is 58.5 Å². The first kappa shape index (κ1) is 24.8. The standard InChI is InChI=1S/C28H34N2O5/c1-17(2)13-14-23(25(31)30-16-28(3,4)24(30)26(32)33)29-27(34)35-15-22-20-11-7-5-9-18(20)19-10-6-8-12-21(19)22/h5-12,17,22-24H,13-16H2,1-4H3,(H,29,34)(H,32,33). The number of nitrogens with zero attached hydrogens (tertiary/aromatic N) is 1. The van der Waals surface area contributed by atoms with E-state index in [1.54, 1.807) is 0 Å². The summed E-state index contributed by atoms with van der Waals surface area (Å²) in [4.78, 5) is 39.2. The first-order valence-electron chi connectivity index (χ1n) is 12.2. The molecule has 0 spiro atoms. The molecule has 0 aromatic heterocycles. The lowest BCUT2D eigenvalue weighted by Gasteiger charge is -2.52. The van der Waals surface area contributed by atoms with Crippen molar-refractivity contribution in [2.75, 3.05) is 13.2 Å². The Morgan fingerprint density at radius 1 is 1.03 bits per heavy atom. The van der Waals surface area contributed by atoms with Crippen LogP contribution in [0.2, 0.25) is 0 Å². The van der Waals surface area contributed by atoms with Gasteiger partial charge in [-0.1, -0.05) is 76.2 Å². The van der Waals surface area contributed by atoms with Crippen LogP contribution >= 0.6 is 0 Å². The molecule has 2 aromatic carbocycles. The molecule has 1 aliphatic carbocycles. The molecule has 0 saturated carbocycles. The highest BCUT2D eigenvalue weighted by molar-refractivity contribution is 5.91. The lowest BCUT2D eigenvalue weighted by atomic mass is 9.74. The molecule has 2 aromatic rings. The van der Waals surface area contributed by atoms with Gasteiger partial charge in [0, 0.05) is 17.9 Å². The zero-order valence-electron chi connectivity index (χ0n) is 20.8. The van der Waals surface area contributed by atoms with Gasteiger partial charge in [0.15, 0.2) is 0 Å². The predicted molar refractivity (Wildman–Crippen MR) is 133 cm³/mol. The van der Waals surface area contributed by atoms with E-state index in [-0.39, 0.29) is 18.4 Å². The van der Waals surface area contributed by atoms with Crippen LogP contribution in [0.15, 0.2) is 48.5 Å². The van der Waals surface area contributed by atoms with E-state index in [0.717, 1.165) is 28.7 Å². The first-order chi connectivity index (χ1) is 16.6. The maximum Gasteiger partial charge on any atom is 0.407 e. The maximum absolute atomic E-state index is 13.3. The molecular weight excluding hydrogens is 444 g/mol. The molecule has 1 saturated heterocycles. The quantitative estimate of drug-likeness (QED) is 0.576.